The summed E-state index contributed by atoms with van der Waals surface area (Å²) in [6.07, 6.45) is 3.43. The van der Waals surface area contributed by atoms with Gasteiger partial charge >= 0.3 is 0 Å². The lowest BCUT2D eigenvalue weighted by Gasteiger charge is -2.35. The minimum atomic E-state index is -0.326. The number of thioether (sulfide) groups is 1. The van der Waals surface area contributed by atoms with Crippen LogP contribution in [0.25, 0.3) is 11.5 Å². The largest absolute Gasteiger partial charge is 0.497 e. The molecule has 1 aromatic heterocycles. The highest BCUT2D eigenvalue weighted by molar-refractivity contribution is 8.00. The van der Waals surface area contributed by atoms with E-state index < -0.39 is 0 Å². The number of hydrogen-bond donors (Lipinski definition) is 1. The van der Waals surface area contributed by atoms with Crippen LogP contribution in [0.4, 0.5) is 0 Å². The van der Waals surface area contributed by atoms with Gasteiger partial charge in [-0.15, -0.1) is 10.2 Å². The average molecular weight is 420 g/mol. The van der Waals surface area contributed by atoms with E-state index in [0.717, 1.165) is 12.8 Å². The van der Waals surface area contributed by atoms with Crippen LogP contribution >= 0.6 is 11.8 Å². The van der Waals surface area contributed by atoms with Crippen LogP contribution in [0.3, 0.4) is 0 Å². The number of ether oxygens (including phenoxy) is 2. The highest BCUT2D eigenvalue weighted by Gasteiger charge is 2.30. The number of nitrogens with one attached hydrogen (secondary N) is 1. The van der Waals surface area contributed by atoms with Crippen LogP contribution in [-0.4, -0.2) is 41.6 Å². The summed E-state index contributed by atoms with van der Waals surface area (Å²) in [5.41, 5.74) is 0.697. The van der Waals surface area contributed by atoms with Crippen LogP contribution in [0.15, 0.2) is 27.8 Å². The smallest absolute Gasteiger partial charge is 0.277 e. The molecule has 4 atom stereocenters. The zero-order valence-electron chi connectivity index (χ0n) is 17.6. The molecule has 1 N–H and O–H groups in total. The minimum absolute atomic E-state index is 0.00347. The Hall–Kier alpha value is -2.22. The highest BCUT2D eigenvalue weighted by atomic mass is 32.2. The fourth-order valence-electron chi connectivity index (χ4n) is 3.60. The van der Waals surface area contributed by atoms with E-state index in [4.69, 9.17) is 13.9 Å². The van der Waals surface area contributed by atoms with Gasteiger partial charge in [-0.2, -0.15) is 0 Å². The summed E-state index contributed by atoms with van der Waals surface area (Å²) in [5.74, 6) is 2.75. The lowest BCUT2D eigenvalue weighted by Crippen LogP contribution is -2.46. The average Bonchev–Trinajstić information content (AvgIpc) is 3.19. The number of carbonyl (C=O) groups excluding carboxylic acids is 1. The molecule has 2 aromatic rings. The van der Waals surface area contributed by atoms with Crippen molar-refractivity contribution in [2.45, 2.75) is 56.5 Å². The zero-order chi connectivity index (χ0) is 21.0. The first-order valence-electron chi connectivity index (χ1n) is 9.95. The first-order valence-corrected chi connectivity index (χ1v) is 10.8. The number of benzene rings is 1. The molecule has 0 bridgehead atoms. The van der Waals surface area contributed by atoms with E-state index in [9.17, 15) is 4.79 Å². The molecule has 1 aliphatic carbocycles. The van der Waals surface area contributed by atoms with E-state index >= 15 is 0 Å². The van der Waals surface area contributed by atoms with Gasteiger partial charge in [0.15, 0.2) is 0 Å². The second-order valence-corrected chi connectivity index (χ2v) is 8.91. The molecular formula is C21H29N3O4S. The molecule has 158 valence electrons. The Bertz CT molecular complexity index is 819. The SMILES string of the molecule is COc1cc(OC)cc(-c2nnc(S[C@H](C)C(=O)N[C@@H]3CCC[C@H](C)[C@H]3C)o2)c1. The van der Waals surface area contributed by atoms with Crippen molar-refractivity contribution < 1.29 is 18.7 Å². The number of aromatic nitrogens is 2. The predicted molar refractivity (Wildman–Crippen MR) is 112 cm³/mol. The Morgan fingerprint density at radius 3 is 2.52 bits per heavy atom. The fraction of sp³-hybridized carbons (Fsp3) is 0.571. The molecule has 0 radical (unpaired) electrons. The molecule has 1 saturated carbocycles. The van der Waals surface area contributed by atoms with Gasteiger partial charge in [0.25, 0.3) is 5.22 Å². The Labute approximate surface area is 175 Å². The van der Waals surface area contributed by atoms with Gasteiger partial charge in [0.2, 0.25) is 11.8 Å². The normalized spacial score (nSPS) is 22.7. The van der Waals surface area contributed by atoms with Crippen molar-refractivity contribution in [1.82, 2.24) is 15.5 Å². The van der Waals surface area contributed by atoms with E-state index in [1.165, 1.54) is 18.2 Å². The number of carbonyl (C=O) groups is 1. The lowest BCUT2D eigenvalue weighted by molar-refractivity contribution is -0.121. The van der Waals surface area contributed by atoms with Crippen LogP contribution in [0.1, 0.15) is 40.0 Å². The molecule has 1 amide bonds. The minimum Gasteiger partial charge on any atom is -0.497 e. The van der Waals surface area contributed by atoms with Crippen molar-refractivity contribution in [3.05, 3.63) is 18.2 Å². The molecular weight excluding hydrogens is 390 g/mol. The van der Waals surface area contributed by atoms with Crippen LogP contribution in [-0.2, 0) is 4.79 Å². The van der Waals surface area contributed by atoms with Gasteiger partial charge < -0.3 is 19.2 Å². The summed E-state index contributed by atoms with van der Waals surface area (Å²) in [5, 5.41) is 11.4. The monoisotopic (exact) mass is 419 g/mol. The van der Waals surface area contributed by atoms with E-state index in [1.54, 1.807) is 32.4 Å². The third kappa shape index (κ3) is 5.23. The van der Waals surface area contributed by atoms with Gasteiger partial charge in [0.05, 0.1) is 19.5 Å². The maximum atomic E-state index is 12.7. The van der Waals surface area contributed by atoms with Crippen LogP contribution in [0.5, 0.6) is 11.5 Å². The Balaban J connectivity index is 1.64. The summed E-state index contributed by atoms with van der Waals surface area (Å²) in [4.78, 5) is 12.7. The summed E-state index contributed by atoms with van der Waals surface area (Å²) in [6, 6.07) is 5.60. The summed E-state index contributed by atoms with van der Waals surface area (Å²) >= 11 is 1.26. The lowest BCUT2D eigenvalue weighted by atomic mass is 9.78. The standard InChI is InChI=1S/C21H29N3O4S/c1-12-7-6-8-18(13(12)2)22-19(25)14(3)29-21-24-23-20(28-21)15-9-16(26-4)11-17(10-15)27-5/h9-14,18H,6-8H2,1-5H3,(H,22,25)/t12-,13+,14+,18+/m0/s1. The van der Waals surface area contributed by atoms with Crippen molar-refractivity contribution in [3.8, 4) is 23.0 Å². The van der Waals surface area contributed by atoms with Crippen molar-refractivity contribution in [3.63, 3.8) is 0 Å². The number of hydrogen-bond acceptors (Lipinski definition) is 7. The maximum Gasteiger partial charge on any atom is 0.277 e. The van der Waals surface area contributed by atoms with Crippen molar-refractivity contribution in [2.75, 3.05) is 14.2 Å². The molecule has 0 unspecified atom stereocenters. The topological polar surface area (TPSA) is 86.5 Å². The molecule has 0 aliphatic heterocycles. The summed E-state index contributed by atoms with van der Waals surface area (Å²) in [7, 11) is 3.17. The molecule has 1 aliphatic rings. The van der Waals surface area contributed by atoms with Crippen LogP contribution < -0.4 is 14.8 Å². The third-order valence-electron chi connectivity index (χ3n) is 5.69. The van der Waals surface area contributed by atoms with Crippen molar-refractivity contribution in [1.29, 1.82) is 0 Å². The quantitative estimate of drug-likeness (QED) is 0.674. The van der Waals surface area contributed by atoms with E-state index in [1.807, 2.05) is 6.92 Å². The molecule has 1 aromatic carbocycles. The second-order valence-electron chi connectivity index (χ2n) is 7.62. The molecule has 8 heteroatoms. The molecule has 0 saturated heterocycles. The van der Waals surface area contributed by atoms with E-state index in [0.29, 0.717) is 40.0 Å². The van der Waals surface area contributed by atoms with Gasteiger partial charge in [-0.3, -0.25) is 4.79 Å². The maximum absolute atomic E-state index is 12.7. The molecule has 1 fully saturated rings. The first-order chi connectivity index (χ1) is 13.9. The predicted octanol–water partition coefficient (Wildman–Crippen LogP) is 4.18. The van der Waals surface area contributed by atoms with Gasteiger partial charge in [-0.25, -0.2) is 0 Å². The van der Waals surface area contributed by atoms with Gasteiger partial charge in [0, 0.05) is 17.7 Å². The van der Waals surface area contributed by atoms with E-state index in [-0.39, 0.29) is 17.2 Å². The number of nitrogens with zero attached hydrogens (tertiary/aromatic N) is 2. The van der Waals surface area contributed by atoms with Crippen molar-refractivity contribution >= 4 is 17.7 Å². The fourth-order valence-corrected chi connectivity index (χ4v) is 4.29. The number of methoxy groups -OCH3 is 2. The summed E-state index contributed by atoms with van der Waals surface area (Å²) < 4.78 is 16.3. The first kappa shape index (κ1) is 21.5. The molecule has 1 heterocycles. The molecule has 3 rings (SSSR count). The molecule has 29 heavy (non-hydrogen) atoms. The van der Waals surface area contributed by atoms with Gasteiger partial charge in [0.1, 0.15) is 11.5 Å². The highest BCUT2D eigenvalue weighted by Crippen LogP contribution is 2.32. The molecule has 7 nitrogen and oxygen atoms in total. The third-order valence-corrected chi connectivity index (χ3v) is 6.62. The number of rotatable bonds is 7. The number of amides is 1. The summed E-state index contributed by atoms with van der Waals surface area (Å²) in [6.45, 7) is 6.34. The molecule has 0 spiro atoms. The Morgan fingerprint density at radius 2 is 1.86 bits per heavy atom. The Morgan fingerprint density at radius 1 is 1.17 bits per heavy atom. The van der Waals surface area contributed by atoms with E-state index in [2.05, 4.69) is 29.4 Å². The van der Waals surface area contributed by atoms with Gasteiger partial charge in [-0.1, -0.05) is 38.5 Å². The van der Waals surface area contributed by atoms with Crippen LogP contribution in [0.2, 0.25) is 0 Å². The Kier molecular flexibility index (Phi) is 7.05. The van der Waals surface area contributed by atoms with Crippen LogP contribution in [0, 0.1) is 11.8 Å². The van der Waals surface area contributed by atoms with Crippen molar-refractivity contribution in [2.24, 2.45) is 11.8 Å². The second kappa shape index (κ2) is 9.52. The zero-order valence-corrected chi connectivity index (χ0v) is 18.4. The van der Waals surface area contributed by atoms with Gasteiger partial charge in [-0.05, 0) is 37.3 Å².